The van der Waals surface area contributed by atoms with Crippen molar-refractivity contribution >= 4 is 23.1 Å². The van der Waals surface area contributed by atoms with Crippen molar-refractivity contribution in [2.75, 3.05) is 0 Å². The molecule has 0 unspecified atom stereocenters. The van der Waals surface area contributed by atoms with Gasteiger partial charge in [0.15, 0.2) is 5.84 Å². The van der Waals surface area contributed by atoms with Gasteiger partial charge in [-0.15, -0.1) is 11.3 Å². The molecule has 21 heavy (non-hydrogen) atoms. The van der Waals surface area contributed by atoms with E-state index < -0.39 is 17.6 Å². The molecule has 9 heteroatoms. The number of thiophene rings is 1. The second-order valence-corrected chi connectivity index (χ2v) is 4.79. The van der Waals surface area contributed by atoms with E-state index in [2.05, 4.69) is 15.5 Å². The van der Waals surface area contributed by atoms with Crippen LogP contribution in [0.2, 0.25) is 0 Å². The van der Waals surface area contributed by atoms with E-state index >= 15 is 0 Å². The van der Waals surface area contributed by atoms with Gasteiger partial charge >= 0.3 is 6.18 Å². The summed E-state index contributed by atoms with van der Waals surface area (Å²) < 4.78 is 37.1. The largest absolute Gasteiger partial charge is 0.417 e. The summed E-state index contributed by atoms with van der Waals surface area (Å²) in [6, 6.07) is 5.22. The van der Waals surface area contributed by atoms with Crippen LogP contribution in [0.15, 0.2) is 40.9 Å². The summed E-state index contributed by atoms with van der Waals surface area (Å²) in [4.78, 5) is 15.6. The zero-order valence-corrected chi connectivity index (χ0v) is 11.2. The number of amidine groups is 1. The molecule has 0 saturated carbocycles. The summed E-state index contributed by atoms with van der Waals surface area (Å²) in [6.45, 7) is 0. The summed E-state index contributed by atoms with van der Waals surface area (Å²) in [5, 5.41) is 5.32. The molecule has 0 fully saturated rings. The fraction of sp³-hybridized carbons (Fsp3) is 0.0833. The SMILES string of the molecule is N/C(=N\NC(=O)c1cccs1)c1ccc(C(F)(F)F)cn1. The van der Waals surface area contributed by atoms with Gasteiger partial charge in [-0.3, -0.25) is 9.78 Å². The van der Waals surface area contributed by atoms with Gasteiger partial charge in [0.25, 0.3) is 5.91 Å². The molecular formula is C12H9F3N4OS. The number of halogens is 3. The number of hydrazone groups is 1. The van der Waals surface area contributed by atoms with Gasteiger partial charge in [0.2, 0.25) is 0 Å². The maximum Gasteiger partial charge on any atom is 0.417 e. The van der Waals surface area contributed by atoms with Crippen molar-refractivity contribution in [1.29, 1.82) is 0 Å². The third-order valence-electron chi connectivity index (χ3n) is 2.38. The van der Waals surface area contributed by atoms with Gasteiger partial charge in [0.05, 0.1) is 10.4 Å². The quantitative estimate of drug-likeness (QED) is 0.518. The predicted octanol–water partition coefficient (Wildman–Crippen LogP) is 2.21. The van der Waals surface area contributed by atoms with Crippen LogP contribution in [0.1, 0.15) is 20.9 Å². The number of nitrogens with one attached hydrogen (secondary N) is 1. The fourth-order valence-electron chi connectivity index (χ4n) is 1.34. The van der Waals surface area contributed by atoms with Crippen LogP contribution in [0.3, 0.4) is 0 Å². The van der Waals surface area contributed by atoms with E-state index in [9.17, 15) is 18.0 Å². The smallest absolute Gasteiger partial charge is 0.380 e. The first-order chi connectivity index (χ1) is 9.88. The lowest BCUT2D eigenvalue weighted by Gasteiger charge is -2.06. The molecule has 2 heterocycles. The fourth-order valence-corrected chi connectivity index (χ4v) is 1.96. The Balaban J connectivity index is 2.07. The molecule has 0 aromatic carbocycles. The highest BCUT2D eigenvalue weighted by molar-refractivity contribution is 7.12. The number of nitrogens with zero attached hydrogens (tertiary/aromatic N) is 2. The van der Waals surface area contributed by atoms with E-state index in [4.69, 9.17) is 5.73 Å². The first-order valence-electron chi connectivity index (χ1n) is 5.58. The second-order valence-electron chi connectivity index (χ2n) is 3.85. The van der Waals surface area contributed by atoms with Crippen LogP contribution in [0.4, 0.5) is 13.2 Å². The second kappa shape index (κ2) is 5.92. The Labute approximate surface area is 121 Å². The first kappa shape index (κ1) is 15.0. The highest BCUT2D eigenvalue weighted by Gasteiger charge is 2.30. The van der Waals surface area contributed by atoms with Crippen molar-refractivity contribution < 1.29 is 18.0 Å². The molecule has 1 amide bonds. The maximum absolute atomic E-state index is 12.4. The molecule has 0 radical (unpaired) electrons. The summed E-state index contributed by atoms with van der Waals surface area (Å²) in [7, 11) is 0. The number of pyridine rings is 1. The minimum absolute atomic E-state index is 0.0366. The zero-order chi connectivity index (χ0) is 15.5. The van der Waals surface area contributed by atoms with Crippen molar-refractivity contribution in [3.8, 4) is 0 Å². The number of carbonyl (C=O) groups excluding carboxylic acids is 1. The Morgan fingerprint density at radius 2 is 2.10 bits per heavy atom. The predicted molar refractivity (Wildman–Crippen MR) is 71.7 cm³/mol. The van der Waals surface area contributed by atoms with Gasteiger partial charge in [0, 0.05) is 6.20 Å². The molecule has 0 spiro atoms. The Morgan fingerprint density at radius 3 is 2.62 bits per heavy atom. The molecule has 0 bridgehead atoms. The number of hydrogen-bond acceptors (Lipinski definition) is 4. The van der Waals surface area contributed by atoms with Crippen LogP contribution in [-0.2, 0) is 6.18 Å². The Morgan fingerprint density at radius 1 is 1.33 bits per heavy atom. The number of amides is 1. The van der Waals surface area contributed by atoms with Gasteiger partial charge in [-0.2, -0.15) is 18.3 Å². The first-order valence-corrected chi connectivity index (χ1v) is 6.46. The molecule has 2 aromatic rings. The van der Waals surface area contributed by atoms with E-state index in [-0.39, 0.29) is 11.5 Å². The van der Waals surface area contributed by atoms with E-state index in [0.29, 0.717) is 11.1 Å². The molecule has 3 N–H and O–H groups in total. The molecule has 0 aliphatic heterocycles. The van der Waals surface area contributed by atoms with Crippen LogP contribution in [0.25, 0.3) is 0 Å². The number of rotatable bonds is 3. The van der Waals surface area contributed by atoms with E-state index in [0.717, 1.165) is 12.1 Å². The van der Waals surface area contributed by atoms with E-state index in [1.165, 1.54) is 11.3 Å². The average molecular weight is 314 g/mol. The summed E-state index contributed by atoms with van der Waals surface area (Å²) in [5.74, 6) is -0.645. The summed E-state index contributed by atoms with van der Waals surface area (Å²) in [6.07, 6.45) is -3.82. The number of hydrogen-bond donors (Lipinski definition) is 2. The Bertz CT molecular complexity index is 650. The lowest BCUT2D eigenvalue weighted by molar-refractivity contribution is -0.137. The van der Waals surface area contributed by atoms with Crippen LogP contribution < -0.4 is 11.2 Å². The Hall–Kier alpha value is -2.42. The van der Waals surface area contributed by atoms with Gasteiger partial charge in [-0.25, -0.2) is 5.43 Å². The summed E-state index contributed by atoms with van der Waals surface area (Å²) >= 11 is 1.22. The monoisotopic (exact) mass is 314 g/mol. The van der Waals surface area contributed by atoms with Crippen LogP contribution in [0, 0.1) is 0 Å². The third kappa shape index (κ3) is 3.78. The highest BCUT2D eigenvalue weighted by Crippen LogP contribution is 2.28. The topological polar surface area (TPSA) is 80.4 Å². The molecule has 0 aliphatic rings. The maximum atomic E-state index is 12.4. The molecule has 110 valence electrons. The van der Waals surface area contributed by atoms with Crippen molar-refractivity contribution in [2.24, 2.45) is 10.8 Å². The molecule has 2 rings (SSSR count). The van der Waals surface area contributed by atoms with Gasteiger partial charge in [0.1, 0.15) is 5.69 Å². The molecule has 2 aromatic heterocycles. The average Bonchev–Trinajstić information content (AvgIpc) is 2.98. The van der Waals surface area contributed by atoms with Gasteiger partial charge < -0.3 is 5.73 Å². The minimum atomic E-state index is -4.47. The highest BCUT2D eigenvalue weighted by atomic mass is 32.1. The molecular weight excluding hydrogens is 305 g/mol. The number of nitrogens with two attached hydrogens (primary N) is 1. The van der Waals surface area contributed by atoms with Crippen LogP contribution in [0.5, 0.6) is 0 Å². The number of alkyl halides is 3. The standard InChI is InChI=1S/C12H9F3N4OS/c13-12(14,15)7-3-4-8(17-6-7)10(16)18-19-11(20)9-2-1-5-21-9/h1-6H,(H2,16,18)(H,19,20). The molecule has 0 aliphatic carbocycles. The molecule has 0 atom stereocenters. The normalized spacial score (nSPS) is 12.2. The number of aromatic nitrogens is 1. The van der Waals surface area contributed by atoms with Crippen molar-refractivity contribution in [3.05, 3.63) is 52.0 Å². The minimum Gasteiger partial charge on any atom is -0.380 e. The third-order valence-corrected chi connectivity index (χ3v) is 3.24. The van der Waals surface area contributed by atoms with Crippen molar-refractivity contribution in [2.45, 2.75) is 6.18 Å². The summed E-state index contributed by atoms with van der Waals surface area (Å²) in [5.41, 5.74) is 6.90. The van der Waals surface area contributed by atoms with E-state index in [1.54, 1.807) is 17.5 Å². The number of carbonyl (C=O) groups is 1. The molecule has 5 nitrogen and oxygen atoms in total. The van der Waals surface area contributed by atoms with Gasteiger partial charge in [-0.05, 0) is 23.6 Å². The zero-order valence-electron chi connectivity index (χ0n) is 10.4. The van der Waals surface area contributed by atoms with Crippen LogP contribution in [-0.4, -0.2) is 16.7 Å². The lowest BCUT2D eigenvalue weighted by atomic mass is 10.2. The van der Waals surface area contributed by atoms with Gasteiger partial charge in [-0.1, -0.05) is 6.07 Å². The lowest BCUT2D eigenvalue weighted by Crippen LogP contribution is -2.24. The van der Waals surface area contributed by atoms with Crippen molar-refractivity contribution in [3.63, 3.8) is 0 Å². The molecule has 0 saturated heterocycles. The Kier molecular flexibility index (Phi) is 4.22. The van der Waals surface area contributed by atoms with Crippen molar-refractivity contribution in [1.82, 2.24) is 10.4 Å². The van der Waals surface area contributed by atoms with E-state index in [1.807, 2.05) is 0 Å². The van der Waals surface area contributed by atoms with Crippen LogP contribution >= 0.6 is 11.3 Å².